The third-order valence-corrected chi connectivity index (χ3v) is 19.0. The molecule has 17 heteroatoms. The van der Waals surface area contributed by atoms with Crippen molar-refractivity contribution in [3.05, 3.63) is 93.7 Å². The van der Waals surface area contributed by atoms with Gasteiger partial charge in [0.15, 0.2) is 16.8 Å². The Morgan fingerprint density at radius 2 is 1.76 bits per heavy atom. The number of fused-ring (bicyclic) bond motifs is 9. The van der Waals surface area contributed by atoms with Crippen molar-refractivity contribution in [2.24, 2.45) is 35.0 Å². The number of aromatic nitrogens is 2. The molecule has 10 N–H and O–H groups in total. The number of carbonyl (C=O) groups is 1. The van der Waals surface area contributed by atoms with Crippen LogP contribution in [0.15, 0.2) is 70.1 Å². The van der Waals surface area contributed by atoms with Crippen molar-refractivity contribution in [1.82, 2.24) is 20.2 Å². The van der Waals surface area contributed by atoms with E-state index >= 15 is 0 Å². The van der Waals surface area contributed by atoms with E-state index in [1.54, 1.807) is 6.92 Å². The van der Waals surface area contributed by atoms with Gasteiger partial charge < -0.3 is 65.1 Å². The SMILES string of the molecule is CCc1c2cc[nH]c2cn1-c1c2c(cc3c(=O)cc(C)oc13)C[C@@H](OOC[C@@](O)(Cc1ccc(O)c3ccc(O)cc13)[C@@H](O)[C@H](O)[C@H](O)CO)[C@@]1(C[C@@H]([C@H]3CNC(=O)C34CCCCC4)[C@@H]3C[C@@H]4CCCN[C@H]4[C@H]1C3)O2. The molecule has 1 amide bonds. The van der Waals surface area contributed by atoms with Crippen LogP contribution in [0, 0.1) is 41.9 Å². The van der Waals surface area contributed by atoms with E-state index < -0.39 is 60.7 Å². The Bertz CT molecular complexity index is 3210. The van der Waals surface area contributed by atoms with Crippen LogP contribution in [0.4, 0.5) is 0 Å². The summed E-state index contributed by atoms with van der Waals surface area (Å²) in [5.74, 6) is 1.46. The number of phenols is 2. The van der Waals surface area contributed by atoms with Crippen molar-refractivity contribution in [2.75, 3.05) is 26.3 Å². The average Bonchev–Trinajstić information content (AvgIpc) is 4.12. The summed E-state index contributed by atoms with van der Waals surface area (Å²) in [4.78, 5) is 45.0. The maximum Gasteiger partial charge on any atom is 0.226 e. The van der Waals surface area contributed by atoms with Gasteiger partial charge in [-0.25, -0.2) is 9.78 Å². The number of amides is 1. The molecule has 0 unspecified atom stereocenters. The van der Waals surface area contributed by atoms with Gasteiger partial charge in [0.2, 0.25) is 5.91 Å². The van der Waals surface area contributed by atoms with Crippen molar-refractivity contribution in [1.29, 1.82) is 0 Å². The second-order valence-corrected chi connectivity index (χ2v) is 23.1. The molecule has 2 spiro atoms. The molecule has 6 aliphatic rings. The van der Waals surface area contributed by atoms with Crippen molar-refractivity contribution >= 4 is 38.6 Å². The van der Waals surface area contributed by atoms with Crippen LogP contribution in [0.1, 0.15) is 93.7 Å². The monoisotopic (exact) mass is 1030 g/mol. The standard InChI is InChI=1S/C58H70N4O13/c1-3-44-37-13-17-59-43(37)27-62(44)50-52-34(20-39-46(66)18-30(2)73-53(39)50)22-48(75-72-29-57(71,54(69)51(68)47(67)28-63)24-32-9-12-45(65)36-11-10-35(64)23-38(32)36)58(74-52)25-40(33-19-31-8-7-16-60-49(31)41(58)21-33)42-26-61-55(70)56(42)14-5-4-6-15-56/h9-13,17-18,20,23,27,31,33,40-42,47-49,51,54,59-60,63-65,67-69,71H,3-8,14-16,19,21-22,24-26,28-29H2,1-2H3,(H,61,70)/t31-,33+,40+,41+,42+,47+,48+,49+,51+,54-,57-,58-/m0/s1. The molecular weight excluding hydrogens is 961 g/mol. The van der Waals surface area contributed by atoms with Gasteiger partial charge in [-0.15, -0.1) is 0 Å². The molecule has 3 saturated carbocycles. The van der Waals surface area contributed by atoms with E-state index in [2.05, 4.69) is 27.1 Å². The largest absolute Gasteiger partial charge is 0.508 e. The van der Waals surface area contributed by atoms with Crippen LogP contribution in [-0.2, 0) is 33.8 Å². The second-order valence-electron chi connectivity index (χ2n) is 23.1. The molecule has 12 atom stereocenters. The van der Waals surface area contributed by atoms with Gasteiger partial charge in [-0.2, -0.15) is 0 Å². The molecule has 6 heterocycles. The van der Waals surface area contributed by atoms with Crippen molar-refractivity contribution in [3.63, 3.8) is 0 Å². The summed E-state index contributed by atoms with van der Waals surface area (Å²) in [5.41, 5.74) is -0.389. The number of aromatic hydroxyl groups is 2. The molecule has 2 bridgehead atoms. The molecule has 75 heavy (non-hydrogen) atoms. The lowest BCUT2D eigenvalue weighted by Gasteiger charge is -2.62. The number of aliphatic hydroxyl groups excluding tert-OH is 4. The number of rotatable bonds is 13. The second kappa shape index (κ2) is 19.2. The Morgan fingerprint density at radius 3 is 2.56 bits per heavy atom. The number of hydrogen-bond acceptors (Lipinski definition) is 14. The molecule has 3 aromatic carbocycles. The molecule has 12 rings (SSSR count). The topological polar surface area (TPSA) is 261 Å². The predicted octanol–water partition coefficient (Wildman–Crippen LogP) is 5.65. The normalized spacial score (nSPS) is 29.2. The number of carbonyl (C=O) groups excluding carboxylic acids is 1. The average molecular weight is 1030 g/mol. The summed E-state index contributed by atoms with van der Waals surface area (Å²) in [7, 11) is 0. The molecule has 400 valence electrons. The first kappa shape index (κ1) is 50.3. The van der Waals surface area contributed by atoms with E-state index in [1.807, 2.05) is 24.5 Å². The van der Waals surface area contributed by atoms with Crippen LogP contribution in [0.5, 0.6) is 17.2 Å². The van der Waals surface area contributed by atoms with Crippen molar-refractivity contribution in [3.8, 4) is 22.9 Å². The maximum absolute atomic E-state index is 14.3. The van der Waals surface area contributed by atoms with E-state index in [4.69, 9.17) is 18.9 Å². The number of aliphatic hydroxyl groups is 5. The van der Waals surface area contributed by atoms with Crippen LogP contribution < -0.4 is 20.8 Å². The highest BCUT2D eigenvalue weighted by Crippen LogP contribution is 2.62. The number of ether oxygens (including phenoxy) is 1. The minimum atomic E-state index is -2.43. The van der Waals surface area contributed by atoms with Gasteiger partial charge in [0.1, 0.15) is 65.2 Å². The highest BCUT2D eigenvalue weighted by molar-refractivity contribution is 5.93. The van der Waals surface area contributed by atoms with E-state index in [9.17, 15) is 45.3 Å². The summed E-state index contributed by atoms with van der Waals surface area (Å²) in [6, 6.07) is 12.7. The van der Waals surface area contributed by atoms with Crippen molar-refractivity contribution in [2.45, 2.75) is 139 Å². The van der Waals surface area contributed by atoms with Gasteiger partial charge in [0.25, 0.3) is 0 Å². The van der Waals surface area contributed by atoms with Crippen LogP contribution in [0.2, 0.25) is 0 Å². The molecule has 2 saturated heterocycles. The third-order valence-electron chi connectivity index (χ3n) is 19.0. The number of hydrogen-bond donors (Lipinski definition) is 10. The van der Waals surface area contributed by atoms with Gasteiger partial charge in [0, 0.05) is 71.8 Å². The molecule has 6 aromatic rings. The third kappa shape index (κ3) is 8.17. The van der Waals surface area contributed by atoms with E-state index in [1.165, 1.54) is 36.4 Å². The van der Waals surface area contributed by atoms with Gasteiger partial charge in [-0.3, -0.25) is 9.59 Å². The van der Waals surface area contributed by atoms with Gasteiger partial charge >= 0.3 is 0 Å². The summed E-state index contributed by atoms with van der Waals surface area (Å²) in [5, 5.41) is 87.1. The first-order valence-electron chi connectivity index (χ1n) is 27.2. The summed E-state index contributed by atoms with van der Waals surface area (Å²) in [6.45, 7) is 3.58. The number of nitrogens with zero attached hydrogens (tertiary/aromatic N) is 1. The summed E-state index contributed by atoms with van der Waals surface area (Å²) in [6.07, 6.45) is 6.51. The lowest BCUT2D eigenvalue weighted by molar-refractivity contribution is -0.382. The number of benzene rings is 3. The fourth-order valence-corrected chi connectivity index (χ4v) is 15.5. The van der Waals surface area contributed by atoms with Crippen LogP contribution in [0.3, 0.4) is 0 Å². The quantitative estimate of drug-likeness (QED) is 0.0496. The number of aromatic amines is 1. The molecule has 17 nitrogen and oxygen atoms in total. The molecule has 5 fully saturated rings. The highest BCUT2D eigenvalue weighted by atomic mass is 17.2. The fraction of sp³-hybridized carbons (Fsp3) is 0.552. The minimum absolute atomic E-state index is 0.0285. The summed E-state index contributed by atoms with van der Waals surface area (Å²) >= 11 is 0. The van der Waals surface area contributed by atoms with Crippen LogP contribution in [0.25, 0.3) is 38.3 Å². The minimum Gasteiger partial charge on any atom is -0.508 e. The number of nitrogens with one attached hydrogen (secondary N) is 3. The molecular formula is C58H70N4O13. The van der Waals surface area contributed by atoms with E-state index in [0.717, 1.165) is 80.9 Å². The van der Waals surface area contributed by atoms with Gasteiger partial charge in [-0.1, -0.05) is 32.3 Å². The molecule has 0 radical (unpaired) electrons. The molecule has 3 aliphatic heterocycles. The first-order chi connectivity index (χ1) is 36.2. The highest BCUT2D eigenvalue weighted by Gasteiger charge is 2.66. The van der Waals surface area contributed by atoms with Crippen LogP contribution in [-0.4, -0.2) is 119 Å². The zero-order valence-corrected chi connectivity index (χ0v) is 42.6. The molecule has 3 aliphatic carbocycles. The smallest absolute Gasteiger partial charge is 0.226 e. The van der Waals surface area contributed by atoms with E-state index in [0.29, 0.717) is 75.4 Å². The Morgan fingerprint density at radius 1 is 0.933 bits per heavy atom. The maximum atomic E-state index is 14.3. The fourth-order valence-electron chi connectivity index (χ4n) is 15.5. The zero-order chi connectivity index (χ0) is 52.1. The van der Waals surface area contributed by atoms with Gasteiger partial charge in [0.05, 0.1) is 22.9 Å². The number of phenolic OH excluding ortho intramolecular Hbond substituents is 2. The van der Waals surface area contributed by atoms with Gasteiger partial charge in [-0.05, 0) is 136 Å². The Balaban J connectivity index is 1.02. The van der Waals surface area contributed by atoms with E-state index in [-0.39, 0.29) is 59.0 Å². The Hall–Kier alpha value is -5.50. The number of aryl methyl sites for hydroxylation is 2. The zero-order valence-electron chi connectivity index (χ0n) is 42.6. The lowest BCUT2D eigenvalue weighted by Crippen LogP contribution is -2.70. The first-order valence-corrected chi connectivity index (χ1v) is 27.2. The molecule has 3 aromatic heterocycles. The lowest BCUT2D eigenvalue weighted by atomic mass is 9.48. The Kier molecular flexibility index (Phi) is 12.9. The summed E-state index contributed by atoms with van der Waals surface area (Å²) < 4.78 is 16.7. The van der Waals surface area contributed by atoms with Crippen molar-refractivity contribution < 1.29 is 59.5 Å². The number of piperidine rings is 1. The predicted molar refractivity (Wildman–Crippen MR) is 278 cm³/mol. The van der Waals surface area contributed by atoms with Crippen LogP contribution >= 0.6 is 0 Å². The number of H-pyrrole nitrogens is 1. The Labute approximate surface area is 433 Å².